The normalized spacial score (nSPS) is 19.7. The zero-order valence-corrected chi connectivity index (χ0v) is 11.8. The summed E-state index contributed by atoms with van der Waals surface area (Å²) in [6.45, 7) is 3.10. The van der Waals surface area contributed by atoms with Crippen molar-refractivity contribution in [3.05, 3.63) is 11.9 Å². The first-order chi connectivity index (χ1) is 8.78. The van der Waals surface area contributed by atoms with Crippen molar-refractivity contribution in [3.8, 4) is 0 Å². The molecule has 1 unspecified atom stereocenters. The van der Waals surface area contributed by atoms with Crippen molar-refractivity contribution < 1.29 is 0 Å². The number of hydrogen-bond donors (Lipinski definition) is 2. The molecule has 0 amide bonds. The Balaban J connectivity index is 1.91. The van der Waals surface area contributed by atoms with Crippen LogP contribution >= 0.6 is 11.8 Å². The van der Waals surface area contributed by atoms with Gasteiger partial charge in [0.15, 0.2) is 0 Å². The molecule has 0 saturated carbocycles. The fraction of sp³-hybridized carbons (Fsp3) is 0.692. The van der Waals surface area contributed by atoms with Gasteiger partial charge in [0.1, 0.15) is 17.5 Å². The maximum Gasteiger partial charge on any atom is 0.133 e. The topological polar surface area (TPSA) is 63.8 Å². The summed E-state index contributed by atoms with van der Waals surface area (Å²) in [5, 5.41) is 4.11. The van der Waals surface area contributed by atoms with E-state index in [1.807, 2.05) is 6.07 Å². The molecule has 1 aromatic rings. The van der Waals surface area contributed by atoms with E-state index in [4.69, 9.17) is 5.73 Å². The fourth-order valence-electron chi connectivity index (χ4n) is 2.13. The average molecular weight is 266 g/mol. The Morgan fingerprint density at radius 3 is 3.06 bits per heavy atom. The SMILES string of the molecule is CCCc1nc(N)cc(NCC2CCCCS2)n1. The van der Waals surface area contributed by atoms with Gasteiger partial charge in [0.2, 0.25) is 0 Å². The van der Waals surface area contributed by atoms with Gasteiger partial charge >= 0.3 is 0 Å². The van der Waals surface area contributed by atoms with E-state index in [0.29, 0.717) is 11.1 Å². The fourth-order valence-corrected chi connectivity index (χ4v) is 3.37. The molecular formula is C13H22N4S. The average Bonchev–Trinajstić information content (AvgIpc) is 2.37. The lowest BCUT2D eigenvalue weighted by atomic mass is 10.2. The molecule has 18 heavy (non-hydrogen) atoms. The molecule has 100 valence electrons. The molecule has 1 fully saturated rings. The summed E-state index contributed by atoms with van der Waals surface area (Å²) < 4.78 is 0. The lowest BCUT2D eigenvalue weighted by molar-refractivity contribution is 0.676. The minimum absolute atomic E-state index is 0.562. The number of aryl methyl sites for hydroxylation is 1. The van der Waals surface area contributed by atoms with Crippen molar-refractivity contribution in [2.45, 2.75) is 44.3 Å². The highest BCUT2D eigenvalue weighted by Crippen LogP contribution is 2.25. The second kappa shape index (κ2) is 6.83. The molecule has 0 aliphatic carbocycles. The molecule has 1 saturated heterocycles. The largest absolute Gasteiger partial charge is 0.384 e. The van der Waals surface area contributed by atoms with Crippen molar-refractivity contribution in [1.29, 1.82) is 0 Å². The highest BCUT2D eigenvalue weighted by Gasteiger charge is 2.13. The van der Waals surface area contributed by atoms with E-state index in [1.165, 1.54) is 25.0 Å². The van der Waals surface area contributed by atoms with Crippen LogP contribution < -0.4 is 11.1 Å². The van der Waals surface area contributed by atoms with E-state index in [-0.39, 0.29) is 0 Å². The molecule has 3 N–H and O–H groups in total. The van der Waals surface area contributed by atoms with Crippen LogP contribution in [0.4, 0.5) is 11.6 Å². The summed E-state index contributed by atoms with van der Waals surface area (Å²) >= 11 is 2.06. The summed E-state index contributed by atoms with van der Waals surface area (Å²) in [6, 6.07) is 1.83. The van der Waals surface area contributed by atoms with Gasteiger partial charge in [0, 0.05) is 24.3 Å². The summed E-state index contributed by atoms with van der Waals surface area (Å²) in [5.74, 6) is 3.57. The van der Waals surface area contributed by atoms with Crippen LogP contribution in [-0.2, 0) is 6.42 Å². The first kappa shape index (κ1) is 13.5. The molecule has 1 aliphatic rings. The van der Waals surface area contributed by atoms with Crippen LogP contribution in [0.5, 0.6) is 0 Å². The highest BCUT2D eigenvalue weighted by molar-refractivity contribution is 7.99. The quantitative estimate of drug-likeness (QED) is 0.858. The van der Waals surface area contributed by atoms with Gasteiger partial charge in [-0.15, -0.1) is 0 Å². The smallest absolute Gasteiger partial charge is 0.133 e. The van der Waals surface area contributed by atoms with Gasteiger partial charge in [-0.1, -0.05) is 13.3 Å². The Bertz CT molecular complexity index is 377. The van der Waals surface area contributed by atoms with Crippen molar-refractivity contribution in [2.24, 2.45) is 0 Å². The Labute approximate surface area is 113 Å². The van der Waals surface area contributed by atoms with Gasteiger partial charge in [0.25, 0.3) is 0 Å². The Kier molecular flexibility index (Phi) is 5.11. The second-order valence-electron chi connectivity index (χ2n) is 4.71. The van der Waals surface area contributed by atoms with Crippen LogP contribution in [0, 0.1) is 0 Å². The molecule has 5 heteroatoms. The number of nitrogens with zero attached hydrogens (tertiary/aromatic N) is 2. The lowest BCUT2D eigenvalue weighted by Gasteiger charge is -2.21. The van der Waals surface area contributed by atoms with E-state index < -0.39 is 0 Å². The van der Waals surface area contributed by atoms with Crippen LogP contribution in [0.2, 0.25) is 0 Å². The van der Waals surface area contributed by atoms with Gasteiger partial charge in [-0.3, -0.25) is 0 Å². The molecule has 1 aromatic heterocycles. The molecule has 2 heterocycles. The monoisotopic (exact) mass is 266 g/mol. The third-order valence-electron chi connectivity index (χ3n) is 3.05. The van der Waals surface area contributed by atoms with Gasteiger partial charge in [-0.25, -0.2) is 9.97 Å². The minimum Gasteiger partial charge on any atom is -0.384 e. The third-order valence-corrected chi connectivity index (χ3v) is 4.45. The molecule has 0 spiro atoms. The summed E-state index contributed by atoms with van der Waals surface area (Å²) in [7, 11) is 0. The van der Waals surface area contributed by atoms with Gasteiger partial charge < -0.3 is 11.1 Å². The summed E-state index contributed by atoms with van der Waals surface area (Å²) in [4.78, 5) is 8.74. The van der Waals surface area contributed by atoms with Gasteiger partial charge in [-0.2, -0.15) is 11.8 Å². The molecular weight excluding hydrogens is 244 g/mol. The van der Waals surface area contributed by atoms with Gasteiger partial charge in [0.05, 0.1) is 0 Å². The number of aromatic nitrogens is 2. The number of nitrogens with one attached hydrogen (secondary N) is 1. The number of thioether (sulfide) groups is 1. The minimum atomic E-state index is 0.562. The maximum absolute atomic E-state index is 5.80. The lowest BCUT2D eigenvalue weighted by Crippen LogP contribution is -2.20. The van der Waals surface area contributed by atoms with E-state index in [9.17, 15) is 0 Å². The molecule has 1 atom stereocenters. The van der Waals surface area contributed by atoms with Crippen molar-refractivity contribution in [3.63, 3.8) is 0 Å². The predicted molar refractivity (Wildman–Crippen MR) is 79.0 cm³/mol. The first-order valence-electron chi connectivity index (χ1n) is 6.77. The van der Waals surface area contributed by atoms with E-state index in [0.717, 1.165) is 31.0 Å². The molecule has 0 aromatic carbocycles. The van der Waals surface area contributed by atoms with Crippen LogP contribution in [0.25, 0.3) is 0 Å². The van der Waals surface area contributed by atoms with Crippen molar-refractivity contribution >= 4 is 23.4 Å². The summed E-state index contributed by atoms with van der Waals surface area (Å²) in [6.07, 6.45) is 5.95. The van der Waals surface area contributed by atoms with E-state index in [2.05, 4.69) is 34.0 Å². The van der Waals surface area contributed by atoms with Gasteiger partial charge in [-0.05, 0) is 25.0 Å². The zero-order valence-electron chi connectivity index (χ0n) is 11.0. The zero-order chi connectivity index (χ0) is 12.8. The number of nitrogens with two attached hydrogens (primary N) is 1. The number of nitrogen functional groups attached to an aromatic ring is 1. The van der Waals surface area contributed by atoms with Crippen LogP contribution in [-0.4, -0.2) is 27.5 Å². The van der Waals surface area contributed by atoms with Crippen LogP contribution in [0.1, 0.15) is 38.4 Å². The Hall–Kier alpha value is -0.970. The number of anilines is 2. The van der Waals surface area contributed by atoms with Crippen molar-refractivity contribution in [2.75, 3.05) is 23.3 Å². The summed E-state index contributed by atoms with van der Waals surface area (Å²) in [5.41, 5.74) is 5.80. The van der Waals surface area contributed by atoms with Crippen LogP contribution in [0.3, 0.4) is 0 Å². The highest BCUT2D eigenvalue weighted by atomic mass is 32.2. The standard InChI is InChI=1S/C13H22N4S/c1-2-5-12-16-11(14)8-13(17-12)15-9-10-6-3-4-7-18-10/h8,10H,2-7,9H2,1H3,(H3,14,15,16,17). The number of hydrogen-bond acceptors (Lipinski definition) is 5. The Morgan fingerprint density at radius 1 is 1.44 bits per heavy atom. The molecule has 4 nitrogen and oxygen atoms in total. The van der Waals surface area contributed by atoms with Crippen molar-refractivity contribution in [1.82, 2.24) is 9.97 Å². The van der Waals surface area contributed by atoms with E-state index >= 15 is 0 Å². The Morgan fingerprint density at radius 2 is 2.33 bits per heavy atom. The molecule has 0 bridgehead atoms. The molecule has 2 rings (SSSR count). The molecule has 0 radical (unpaired) electrons. The second-order valence-corrected chi connectivity index (χ2v) is 6.12. The predicted octanol–water partition coefficient (Wildman–Crippen LogP) is 2.71. The van der Waals surface area contributed by atoms with E-state index in [1.54, 1.807) is 0 Å². The third kappa shape index (κ3) is 4.05. The first-order valence-corrected chi connectivity index (χ1v) is 7.81. The number of rotatable bonds is 5. The van der Waals surface area contributed by atoms with Crippen LogP contribution in [0.15, 0.2) is 6.07 Å². The molecule has 1 aliphatic heterocycles. The maximum atomic E-state index is 5.80.